The van der Waals surface area contributed by atoms with Crippen LogP contribution in [0.2, 0.25) is 0 Å². The van der Waals surface area contributed by atoms with Crippen molar-refractivity contribution >= 4 is 22.8 Å². The number of aryl methyl sites for hydroxylation is 2. The van der Waals surface area contributed by atoms with Crippen molar-refractivity contribution in [3.05, 3.63) is 39.7 Å². The van der Waals surface area contributed by atoms with Crippen molar-refractivity contribution in [1.29, 1.82) is 0 Å². The van der Waals surface area contributed by atoms with Crippen molar-refractivity contribution in [2.45, 2.75) is 64.4 Å². The van der Waals surface area contributed by atoms with Gasteiger partial charge in [-0.15, -0.1) is 0 Å². The molecule has 1 saturated carbocycles. The number of piperidine rings is 1. The van der Waals surface area contributed by atoms with Gasteiger partial charge in [0.1, 0.15) is 11.3 Å². The smallest absolute Gasteiger partial charge is 0.336 e. The Morgan fingerprint density at radius 2 is 2.12 bits per heavy atom. The summed E-state index contributed by atoms with van der Waals surface area (Å²) in [5.74, 6) is 0.311. The summed E-state index contributed by atoms with van der Waals surface area (Å²) >= 11 is 0. The summed E-state index contributed by atoms with van der Waals surface area (Å²) in [7, 11) is 0. The van der Waals surface area contributed by atoms with Gasteiger partial charge in [0.2, 0.25) is 5.91 Å². The molecule has 1 aliphatic carbocycles. The Morgan fingerprint density at radius 1 is 1.29 bits per heavy atom. The Hall–Kier alpha value is -2.87. The van der Waals surface area contributed by atoms with Crippen molar-refractivity contribution in [1.82, 2.24) is 10.2 Å². The van der Waals surface area contributed by atoms with Crippen molar-refractivity contribution in [2.24, 2.45) is 5.92 Å². The van der Waals surface area contributed by atoms with E-state index in [9.17, 15) is 19.5 Å². The number of hydrogen-bond acceptors (Lipinski definition) is 6. The first kappa shape index (κ1) is 24.3. The Morgan fingerprint density at radius 3 is 2.91 bits per heavy atom. The molecule has 2 N–H and O–H groups in total. The molecule has 0 bridgehead atoms. The van der Waals surface area contributed by atoms with E-state index in [0.717, 1.165) is 36.6 Å². The highest BCUT2D eigenvalue weighted by molar-refractivity contribution is 5.85. The van der Waals surface area contributed by atoms with Crippen LogP contribution in [0.3, 0.4) is 0 Å². The molecule has 2 amide bonds. The number of rotatable bonds is 7. The van der Waals surface area contributed by atoms with Gasteiger partial charge in [0, 0.05) is 49.0 Å². The van der Waals surface area contributed by atoms with Gasteiger partial charge in [-0.2, -0.15) is 0 Å². The summed E-state index contributed by atoms with van der Waals surface area (Å²) in [5, 5.41) is 14.4. The van der Waals surface area contributed by atoms with Crippen molar-refractivity contribution in [3.63, 3.8) is 0 Å². The largest absolute Gasteiger partial charge is 0.483 e. The number of ether oxygens (including phenoxy) is 1. The highest BCUT2D eigenvalue weighted by atomic mass is 16.5. The lowest BCUT2D eigenvalue weighted by atomic mass is 9.71. The fourth-order valence-corrected chi connectivity index (χ4v) is 5.32. The van der Waals surface area contributed by atoms with E-state index in [4.69, 9.17) is 9.15 Å². The van der Waals surface area contributed by atoms with E-state index >= 15 is 0 Å². The number of amides is 2. The second-order valence-corrected chi connectivity index (χ2v) is 9.53. The van der Waals surface area contributed by atoms with Gasteiger partial charge in [-0.3, -0.25) is 9.59 Å². The summed E-state index contributed by atoms with van der Waals surface area (Å²) in [5.41, 5.74) is 1.03. The van der Waals surface area contributed by atoms with E-state index in [2.05, 4.69) is 5.32 Å². The summed E-state index contributed by atoms with van der Waals surface area (Å²) in [4.78, 5) is 38.6. The third-order valence-corrected chi connectivity index (χ3v) is 7.38. The number of hydrogen-bond donors (Lipinski definition) is 2. The second kappa shape index (κ2) is 10.2. The maximum absolute atomic E-state index is 12.6. The van der Waals surface area contributed by atoms with E-state index in [-0.39, 0.29) is 37.3 Å². The molecule has 2 aromatic rings. The molecular weight excluding hydrogens is 436 g/mol. The number of aliphatic hydroxyl groups is 1. The number of nitrogens with zero attached hydrogens (tertiary/aromatic N) is 1. The summed E-state index contributed by atoms with van der Waals surface area (Å²) in [6, 6.07) is 5.11. The Labute approximate surface area is 199 Å². The monoisotopic (exact) mass is 470 g/mol. The predicted octanol–water partition coefficient (Wildman–Crippen LogP) is 2.70. The maximum atomic E-state index is 12.6. The number of nitrogens with one attached hydrogen (secondary N) is 1. The van der Waals surface area contributed by atoms with Crippen LogP contribution in [0, 0.1) is 12.8 Å². The molecular formula is C26H34N2O6. The van der Waals surface area contributed by atoms with Crippen LogP contribution in [0.1, 0.15) is 56.6 Å². The number of fused-ring (bicyclic) bond motifs is 2. The molecule has 1 saturated heterocycles. The van der Waals surface area contributed by atoms with Gasteiger partial charge in [0.25, 0.3) is 5.91 Å². The summed E-state index contributed by atoms with van der Waals surface area (Å²) < 4.78 is 11.0. The highest BCUT2D eigenvalue weighted by Gasteiger charge is 2.43. The zero-order valence-corrected chi connectivity index (χ0v) is 20.0. The van der Waals surface area contributed by atoms with Crippen LogP contribution >= 0.6 is 0 Å². The molecule has 1 aliphatic heterocycles. The molecule has 8 heteroatoms. The average Bonchev–Trinajstić information content (AvgIpc) is 2.82. The van der Waals surface area contributed by atoms with Crippen LogP contribution in [0.5, 0.6) is 5.75 Å². The van der Waals surface area contributed by atoms with Gasteiger partial charge in [0.05, 0.1) is 5.60 Å². The van der Waals surface area contributed by atoms with E-state index in [1.165, 1.54) is 6.07 Å². The van der Waals surface area contributed by atoms with Crippen LogP contribution < -0.4 is 15.7 Å². The van der Waals surface area contributed by atoms with Gasteiger partial charge < -0.3 is 24.5 Å². The lowest BCUT2D eigenvalue weighted by Gasteiger charge is -2.47. The first-order valence-corrected chi connectivity index (χ1v) is 12.3. The third kappa shape index (κ3) is 5.12. The molecule has 2 atom stereocenters. The first-order chi connectivity index (χ1) is 16.3. The lowest BCUT2D eigenvalue weighted by Crippen LogP contribution is -2.54. The second-order valence-electron chi connectivity index (χ2n) is 9.53. The lowest BCUT2D eigenvalue weighted by molar-refractivity contribution is -0.143. The zero-order chi connectivity index (χ0) is 24.3. The molecule has 2 fully saturated rings. The third-order valence-electron chi connectivity index (χ3n) is 7.38. The topological polar surface area (TPSA) is 109 Å². The van der Waals surface area contributed by atoms with Gasteiger partial charge in [-0.25, -0.2) is 4.79 Å². The van der Waals surface area contributed by atoms with E-state index in [1.807, 2.05) is 17.9 Å². The van der Waals surface area contributed by atoms with Crippen molar-refractivity contribution in [3.8, 4) is 5.75 Å². The molecule has 184 valence electrons. The normalized spacial score (nSPS) is 22.3. The molecule has 4 rings (SSSR count). The van der Waals surface area contributed by atoms with Crippen LogP contribution in [0.15, 0.2) is 27.4 Å². The number of likely N-dealkylation sites (tertiary alicyclic amines) is 1. The maximum Gasteiger partial charge on any atom is 0.336 e. The molecule has 2 aliphatic rings. The predicted molar refractivity (Wildman–Crippen MR) is 128 cm³/mol. The Balaban J connectivity index is 1.25. The minimum absolute atomic E-state index is 0.000901. The Kier molecular flexibility index (Phi) is 7.26. The van der Waals surface area contributed by atoms with E-state index < -0.39 is 11.2 Å². The molecule has 1 aromatic heterocycles. The van der Waals surface area contributed by atoms with E-state index in [1.54, 1.807) is 13.0 Å². The van der Waals surface area contributed by atoms with Crippen molar-refractivity contribution in [2.75, 3.05) is 26.2 Å². The van der Waals surface area contributed by atoms with E-state index in [0.29, 0.717) is 42.8 Å². The first-order valence-electron chi connectivity index (χ1n) is 12.3. The standard InChI is InChI=1S/C26H34N2O6/c1-3-18-14-24(31)34-25-17(2)21(8-7-20(18)25)33-16-22(29)27-12-9-23(30)28-13-11-26(32)10-5-4-6-19(26)15-28/h7-8,14,19,32H,3-6,9-13,15-16H2,1-2H3,(H,27,29). The quantitative estimate of drug-likeness (QED) is 0.603. The Bertz CT molecular complexity index is 1130. The molecule has 0 radical (unpaired) electrons. The average molecular weight is 471 g/mol. The van der Waals surface area contributed by atoms with Crippen LogP contribution in [0.4, 0.5) is 0 Å². The summed E-state index contributed by atoms with van der Waals surface area (Å²) in [6.07, 6.45) is 5.52. The van der Waals surface area contributed by atoms with Gasteiger partial charge in [0.15, 0.2) is 6.61 Å². The minimum atomic E-state index is -0.609. The van der Waals surface area contributed by atoms with Gasteiger partial charge in [-0.05, 0) is 50.3 Å². The van der Waals surface area contributed by atoms with Crippen LogP contribution in [-0.4, -0.2) is 53.7 Å². The SMILES string of the molecule is CCc1cc(=O)oc2c(C)c(OCC(=O)NCCC(=O)N3CCC4(O)CCCCC4C3)ccc12. The fourth-order valence-electron chi connectivity index (χ4n) is 5.32. The van der Waals surface area contributed by atoms with Crippen LogP contribution in [0.25, 0.3) is 11.0 Å². The molecule has 2 unspecified atom stereocenters. The fraction of sp³-hybridized carbons (Fsp3) is 0.577. The minimum Gasteiger partial charge on any atom is -0.483 e. The zero-order valence-electron chi connectivity index (χ0n) is 20.0. The van der Waals surface area contributed by atoms with Crippen molar-refractivity contribution < 1.29 is 23.8 Å². The van der Waals surface area contributed by atoms with Gasteiger partial charge >= 0.3 is 5.63 Å². The van der Waals surface area contributed by atoms with Crippen LogP contribution in [-0.2, 0) is 16.0 Å². The highest BCUT2D eigenvalue weighted by Crippen LogP contribution is 2.39. The number of carbonyl (C=O) groups excluding carboxylic acids is 2. The molecule has 8 nitrogen and oxygen atoms in total. The van der Waals surface area contributed by atoms with Gasteiger partial charge in [-0.1, -0.05) is 19.8 Å². The molecule has 0 spiro atoms. The molecule has 1 aromatic carbocycles. The molecule has 34 heavy (non-hydrogen) atoms. The number of benzene rings is 1. The summed E-state index contributed by atoms with van der Waals surface area (Å²) in [6.45, 7) is 4.98. The number of carbonyl (C=O) groups is 2. The molecule has 2 heterocycles.